The summed E-state index contributed by atoms with van der Waals surface area (Å²) in [6, 6.07) is 9.20. The maximum Gasteiger partial charge on any atom is 0.247 e. The molecule has 0 aliphatic carbocycles. The number of hydrogen-bond donors (Lipinski definition) is 2. The molecule has 0 aromatic heterocycles. The van der Waals surface area contributed by atoms with E-state index in [4.69, 9.17) is 5.73 Å². The van der Waals surface area contributed by atoms with E-state index < -0.39 is 5.54 Å². The fourth-order valence-electron chi connectivity index (χ4n) is 2.05. The van der Waals surface area contributed by atoms with Crippen LogP contribution in [-0.4, -0.2) is 36.3 Å². The molecule has 1 atom stereocenters. The largest absolute Gasteiger partial charge is 0.353 e. The lowest BCUT2D eigenvalue weighted by molar-refractivity contribution is -0.142. The molecule has 0 spiro atoms. The van der Waals surface area contributed by atoms with Crippen LogP contribution in [-0.2, 0) is 15.1 Å². The van der Waals surface area contributed by atoms with Gasteiger partial charge in [0, 0.05) is 13.1 Å². The van der Waals surface area contributed by atoms with Crippen LogP contribution in [0, 0.1) is 0 Å². The highest BCUT2D eigenvalue weighted by atomic mass is 35.5. The van der Waals surface area contributed by atoms with E-state index in [1.807, 2.05) is 30.3 Å². The summed E-state index contributed by atoms with van der Waals surface area (Å²) >= 11 is 0. The van der Waals surface area contributed by atoms with Gasteiger partial charge in [0.2, 0.25) is 11.8 Å². The summed E-state index contributed by atoms with van der Waals surface area (Å²) in [4.78, 5) is 25.2. The van der Waals surface area contributed by atoms with Crippen LogP contribution in [0.1, 0.15) is 12.5 Å². The molecule has 1 aromatic rings. The molecular weight excluding hydrogens is 266 g/mol. The van der Waals surface area contributed by atoms with Crippen LogP contribution in [0.25, 0.3) is 0 Å². The molecule has 1 aromatic carbocycles. The summed E-state index contributed by atoms with van der Waals surface area (Å²) in [6.45, 7) is 2.75. The Morgan fingerprint density at radius 2 is 2.00 bits per heavy atom. The van der Waals surface area contributed by atoms with E-state index >= 15 is 0 Å². The molecule has 0 radical (unpaired) electrons. The van der Waals surface area contributed by atoms with Crippen molar-refractivity contribution in [2.45, 2.75) is 12.5 Å². The fourth-order valence-corrected chi connectivity index (χ4v) is 2.05. The normalized spacial score (nSPS) is 18.0. The van der Waals surface area contributed by atoms with Crippen molar-refractivity contribution in [3.05, 3.63) is 35.9 Å². The summed E-state index contributed by atoms with van der Waals surface area (Å²) in [5, 5.41) is 2.68. The Morgan fingerprint density at radius 3 is 2.58 bits per heavy atom. The van der Waals surface area contributed by atoms with Crippen molar-refractivity contribution in [2.75, 3.05) is 19.6 Å². The quantitative estimate of drug-likeness (QED) is 0.816. The molecule has 2 amide bonds. The Hall–Kier alpha value is -1.59. The Labute approximate surface area is 118 Å². The van der Waals surface area contributed by atoms with Crippen LogP contribution in [0.2, 0.25) is 0 Å². The van der Waals surface area contributed by atoms with E-state index in [9.17, 15) is 9.59 Å². The first-order chi connectivity index (χ1) is 8.51. The average molecular weight is 284 g/mol. The minimum Gasteiger partial charge on any atom is -0.353 e. The molecule has 1 heterocycles. The van der Waals surface area contributed by atoms with Gasteiger partial charge in [0.25, 0.3) is 0 Å². The first-order valence-electron chi connectivity index (χ1n) is 5.92. The monoisotopic (exact) mass is 283 g/mol. The third-order valence-corrected chi connectivity index (χ3v) is 3.14. The molecule has 1 unspecified atom stereocenters. The van der Waals surface area contributed by atoms with Gasteiger partial charge in [-0.15, -0.1) is 12.4 Å². The van der Waals surface area contributed by atoms with Crippen LogP contribution >= 0.6 is 12.4 Å². The molecule has 5 nitrogen and oxygen atoms in total. The van der Waals surface area contributed by atoms with Crippen molar-refractivity contribution in [2.24, 2.45) is 5.73 Å². The van der Waals surface area contributed by atoms with Crippen molar-refractivity contribution in [1.29, 1.82) is 0 Å². The molecule has 2 rings (SSSR count). The number of carbonyl (C=O) groups excluding carboxylic acids is 2. The summed E-state index contributed by atoms with van der Waals surface area (Å²) in [6.07, 6.45) is 0. The van der Waals surface area contributed by atoms with Crippen molar-refractivity contribution >= 4 is 24.2 Å². The second-order valence-corrected chi connectivity index (χ2v) is 4.65. The number of benzene rings is 1. The maximum atomic E-state index is 12.4. The lowest BCUT2D eigenvalue weighted by atomic mass is 9.91. The SMILES string of the molecule is CC(N)(C(=O)N1CCNC(=O)C1)c1ccccc1.Cl. The van der Waals surface area contributed by atoms with Gasteiger partial charge in [-0.2, -0.15) is 0 Å². The predicted octanol–water partition coefficient (Wildman–Crippen LogP) is 0.241. The number of nitrogens with one attached hydrogen (secondary N) is 1. The smallest absolute Gasteiger partial charge is 0.247 e. The lowest BCUT2D eigenvalue weighted by Gasteiger charge is -2.34. The third kappa shape index (κ3) is 3.24. The van der Waals surface area contributed by atoms with E-state index in [1.54, 1.807) is 6.92 Å². The van der Waals surface area contributed by atoms with E-state index in [0.29, 0.717) is 13.1 Å². The molecule has 3 N–H and O–H groups in total. The zero-order valence-electron chi connectivity index (χ0n) is 10.8. The van der Waals surface area contributed by atoms with Crippen molar-refractivity contribution in [1.82, 2.24) is 10.2 Å². The van der Waals surface area contributed by atoms with Gasteiger partial charge in [-0.25, -0.2) is 0 Å². The summed E-state index contributed by atoms with van der Waals surface area (Å²) in [5.74, 6) is -0.359. The number of halogens is 1. The average Bonchev–Trinajstić information content (AvgIpc) is 2.39. The van der Waals surface area contributed by atoms with E-state index in [-0.39, 0.29) is 30.8 Å². The molecule has 104 valence electrons. The molecule has 19 heavy (non-hydrogen) atoms. The summed E-state index contributed by atoms with van der Waals surface area (Å²) in [7, 11) is 0. The van der Waals surface area contributed by atoms with Gasteiger partial charge in [0.15, 0.2) is 0 Å². The number of nitrogens with two attached hydrogens (primary N) is 1. The highest BCUT2D eigenvalue weighted by Crippen LogP contribution is 2.20. The standard InChI is InChI=1S/C13H17N3O2.ClH/c1-13(14,10-5-3-2-4-6-10)12(18)16-8-7-15-11(17)9-16;/h2-6H,7-9,14H2,1H3,(H,15,17);1H. The zero-order chi connectivity index (χ0) is 13.2. The van der Waals surface area contributed by atoms with Gasteiger partial charge in [0.1, 0.15) is 5.54 Å². The summed E-state index contributed by atoms with van der Waals surface area (Å²) < 4.78 is 0. The van der Waals surface area contributed by atoms with Crippen LogP contribution < -0.4 is 11.1 Å². The van der Waals surface area contributed by atoms with Crippen LogP contribution in [0.4, 0.5) is 0 Å². The predicted molar refractivity (Wildman–Crippen MR) is 74.8 cm³/mol. The second-order valence-electron chi connectivity index (χ2n) is 4.65. The van der Waals surface area contributed by atoms with E-state index in [1.165, 1.54) is 4.90 Å². The van der Waals surface area contributed by atoms with Crippen LogP contribution in [0.5, 0.6) is 0 Å². The van der Waals surface area contributed by atoms with Crippen LogP contribution in [0.15, 0.2) is 30.3 Å². The molecule has 0 bridgehead atoms. The molecule has 1 aliphatic heterocycles. The zero-order valence-corrected chi connectivity index (χ0v) is 11.6. The van der Waals surface area contributed by atoms with Gasteiger partial charge >= 0.3 is 0 Å². The Kier molecular flexibility index (Phi) is 4.91. The van der Waals surface area contributed by atoms with Crippen LogP contribution in [0.3, 0.4) is 0 Å². The van der Waals surface area contributed by atoms with Gasteiger partial charge in [-0.05, 0) is 12.5 Å². The minimum atomic E-state index is -1.10. The number of rotatable bonds is 2. The minimum absolute atomic E-state index is 0. The number of carbonyl (C=O) groups is 2. The third-order valence-electron chi connectivity index (χ3n) is 3.14. The van der Waals surface area contributed by atoms with Crippen molar-refractivity contribution < 1.29 is 9.59 Å². The highest BCUT2D eigenvalue weighted by molar-refractivity contribution is 5.91. The first-order valence-corrected chi connectivity index (χ1v) is 5.92. The topological polar surface area (TPSA) is 75.4 Å². The number of amides is 2. The van der Waals surface area contributed by atoms with E-state index in [2.05, 4.69) is 5.32 Å². The van der Waals surface area contributed by atoms with Gasteiger partial charge < -0.3 is 16.0 Å². The maximum absolute atomic E-state index is 12.4. The summed E-state index contributed by atoms with van der Waals surface area (Å²) in [5.41, 5.74) is 5.79. The van der Waals surface area contributed by atoms with Gasteiger partial charge in [-0.1, -0.05) is 30.3 Å². The first kappa shape index (κ1) is 15.5. The van der Waals surface area contributed by atoms with Gasteiger partial charge in [0.05, 0.1) is 6.54 Å². The van der Waals surface area contributed by atoms with Crippen molar-refractivity contribution in [3.63, 3.8) is 0 Å². The Balaban J connectivity index is 0.00000180. The number of piperazine rings is 1. The van der Waals surface area contributed by atoms with Gasteiger partial charge in [-0.3, -0.25) is 9.59 Å². The Morgan fingerprint density at radius 1 is 1.37 bits per heavy atom. The van der Waals surface area contributed by atoms with E-state index in [0.717, 1.165) is 5.56 Å². The molecule has 6 heteroatoms. The molecule has 1 aliphatic rings. The lowest BCUT2D eigenvalue weighted by Crippen LogP contribution is -2.57. The number of nitrogens with zero attached hydrogens (tertiary/aromatic N) is 1. The Bertz CT molecular complexity index is 462. The highest BCUT2D eigenvalue weighted by Gasteiger charge is 2.36. The van der Waals surface area contributed by atoms with Crippen molar-refractivity contribution in [3.8, 4) is 0 Å². The second kappa shape index (κ2) is 6.04. The molecule has 1 fully saturated rings. The fraction of sp³-hybridized carbons (Fsp3) is 0.385. The molecule has 0 saturated carbocycles. The molecular formula is C13H18ClN3O2. The molecule has 1 saturated heterocycles. The number of hydrogen-bond acceptors (Lipinski definition) is 3.